The summed E-state index contributed by atoms with van der Waals surface area (Å²) < 4.78 is 0. The topological polar surface area (TPSA) is 33.1 Å². The van der Waals surface area contributed by atoms with Crippen LogP contribution in [-0.4, -0.2) is 10.1 Å². The Labute approximate surface area is 105 Å². The van der Waals surface area contributed by atoms with E-state index in [-0.39, 0.29) is 0 Å². The van der Waals surface area contributed by atoms with E-state index < -0.39 is 6.10 Å². The Morgan fingerprint density at radius 1 is 1.12 bits per heavy atom. The number of aryl methyl sites for hydroxylation is 2. The van der Waals surface area contributed by atoms with E-state index in [1.165, 1.54) is 23.4 Å². The van der Waals surface area contributed by atoms with Crippen LogP contribution in [0.1, 0.15) is 40.1 Å². The van der Waals surface area contributed by atoms with Gasteiger partial charge in [0.2, 0.25) is 0 Å². The first kappa shape index (κ1) is 10.9. The Hall–Kier alpha value is -1.19. The van der Waals surface area contributed by atoms with Crippen LogP contribution in [0.15, 0.2) is 30.3 Å². The number of rotatable bonds is 2. The van der Waals surface area contributed by atoms with Crippen molar-refractivity contribution in [1.29, 1.82) is 0 Å². The second-order valence-electron chi connectivity index (χ2n) is 4.44. The third kappa shape index (κ3) is 2.13. The quantitative estimate of drug-likeness (QED) is 0.882. The molecule has 1 atom stereocenters. The van der Waals surface area contributed by atoms with Crippen molar-refractivity contribution >= 4 is 11.3 Å². The number of aliphatic hydroxyl groups excluding tert-OH is 1. The Morgan fingerprint density at radius 3 is 2.65 bits per heavy atom. The van der Waals surface area contributed by atoms with E-state index in [4.69, 9.17) is 0 Å². The largest absolute Gasteiger partial charge is 0.381 e. The lowest BCUT2D eigenvalue weighted by atomic mass is 10.0. The SMILES string of the molecule is OC(c1ccccc1)c1nc2c(s1)CCCC2. The normalized spacial score (nSPS) is 16.5. The molecule has 17 heavy (non-hydrogen) atoms. The number of aromatic nitrogens is 1. The molecule has 2 nitrogen and oxygen atoms in total. The maximum Gasteiger partial charge on any atom is 0.131 e. The molecule has 0 spiro atoms. The van der Waals surface area contributed by atoms with Crippen LogP contribution in [0, 0.1) is 0 Å². The van der Waals surface area contributed by atoms with Crippen LogP contribution in [0.25, 0.3) is 0 Å². The van der Waals surface area contributed by atoms with Crippen LogP contribution in [0.2, 0.25) is 0 Å². The molecule has 1 aliphatic rings. The van der Waals surface area contributed by atoms with E-state index in [1.807, 2.05) is 30.3 Å². The standard InChI is InChI=1S/C14H15NOS/c16-13(10-6-2-1-3-7-10)14-15-11-8-4-5-9-12(11)17-14/h1-3,6-7,13,16H,4-5,8-9H2. The molecule has 0 aliphatic heterocycles. The van der Waals surface area contributed by atoms with E-state index in [0.29, 0.717) is 0 Å². The van der Waals surface area contributed by atoms with Gasteiger partial charge in [-0.25, -0.2) is 4.98 Å². The second kappa shape index (κ2) is 4.59. The molecule has 3 rings (SSSR count). The molecule has 88 valence electrons. The molecule has 1 N–H and O–H groups in total. The van der Waals surface area contributed by atoms with Gasteiger partial charge in [0.15, 0.2) is 0 Å². The van der Waals surface area contributed by atoms with Gasteiger partial charge in [-0.05, 0) is 31.2 Å². The van der Waals surface area contributed by atoms with E-state index in [2.05, 4.69) is 4.98 Å². The number of benzene rings is 1. The van der Waals surface area contributed by atoms with Crippen molar-refractivity contribution in [2.75, 3.05) is 0 Å². The number of hydrogen-bond donors (Lipinski definition) is 1. The zero-order chi connectivity index (χ0) is 11.7. The molecule has 0 saturated carbocycles. The molecule has 1 heterocycles. The van der Waals surface area contributed by atoms with Crippen molar-refractivity contribution < 1.29 is 5.11 Å². The van der Waals surface area contributed by atoms with Crippen LogP contribution in [0.3, 0.4) is 0 Å². The summed E-state index contributed by atoms with van der Waals surface area (Å²) in [7, 11) is 0. The number of hydrogen-bond acceptors (Lipinski definition) is 3. The summed E-state index contributed by atoms with van der Waals surface area (Å²) in [5.41, 5.74) is 2.14. The van der Waals surface area contributed by atoms with Crippen LogP contribution in [0.5, 0.6) is 0 Å². The highest BCUT2D eigenvalue weighted by Crippen LogP contribution is 2.32. The lowest BCUT2D eigenvalue weighted by Gasteiger charge is -2.07. The van der Waals surface area contributed by atoms with Crippen LogP contribution < -0.4 is 0 Å². The summed E-state index contributed by atoms with van der Waals surface area (Å²) in [5, 5.41) is 11.1. The maximum atomic E-state index is 10.3. The van der Waals surface area contributed by atoms with Crippen molar-refractivity contribution in [2.24, 2.45) is 0 Å². The number of fused-ring (bicyclic) bond motifs is 1. The maximum absolute atomic E-state index is 10.3. The van der Waals surface area contributed by atoms with E-state index in [9.17, 15) is 5.11 Å². The van der Waals surface area contributed by atoms with Crippen LogP contribution >= 0.6 is 11.3 Å². The van der Waals surface area contributed by atoms with Gasteiger partial charge in [-0.15, -0.1) is 11.3 Å². The van der Waals surface area contributed by atoms with Crippen molar-refractivity contribution in [3.63, 3.8) is 0 Å². The van der Waals surface area contributed by atoms with Gasteiger partial charge in [-0.2, -0.15) is 0 Å². The zero-order valence-corrected chi connectivity index (χ0v) is 10.4. The second-order valence-corrected chi connectivity index (χ2v) is 5.56. The summed E-state index contributed by atoms with van der Waals surface area (Å²) in [6, 6.07) is 9.76. The first-order valence-corrected chi connectivity index (χ1v) is 6.88. The fraction of sp³-hybridized carbons (Fsp3) is 0.357. The third-order valence-corrected chi connectivity index (χ3v) is 4.42. The molecule has 1 aliphatic carbocycles. The molecule has 0 saturated heterocycles. The zero-order valence-electron chi connectivity index (χ0n) is 9.60. The van der Waals surface area contributed by atoms with Crippen molar-refractivity contribution in [2.45, 2.75) is 31.8 Å². The minimum absolute atomic E-state index is 0.563. The molecule has 0 fully saturated rings. The van der Waals surface area contributed by atoms with Gasteiger partial charge in [-0.3, -0.25) is 0 Å². The molecule has 1 aromatic carbocycles. The summed E-state index contributed by atoms with van der Waals surface area (Å²) in [4.78, 5) is 5.97. The van der Waals surface area contributed by atoms with Gasteiger partial charge >= 0.3 is 0 Å². The molecule has 0 amide bonds. The lowest BCUT2D eigenvalue weighted by Crippen LogP contribution is -2.01. The smallest absolute Gasteiger partial charge is 0.131 e. The van der Waals surface area contributed by atoms with Crippen LogP contribution in [-0.2, 0) is 12.8 Å². The molecule has 0 bridgehead atoms. The molecule has 0 radical (unpaired) electrons. The predicted molar refractivity (Wildman–Crippen MR) is 69.3 cm³/mol. The highest BCUT2D eigenvalue weighted by molar-refractivity contribution is 7.11. The monoisotopic (exact) mass is 245 g/mol. The Kier molecular flexibility index (Phi) is 2.95. The number of nitrogens with zero attached hydrogens (tertiary/aromatic N) is 1. The molecule has 2 aromatic rings. The molecule has 3 heteroatoms. The number of thiazole rings is 1. The molecule has 1 unspecified atom stereocenters. The molecular weight excluding hydrogens is 230 g/mol. The van der Waals surface area contributed by atoms with Crippen molar-refractivity contribution in [3.05, 3.63) is 51.5 Å². The van der Waals surface area contributed by atoms with E-state index in [0.717, 1.165) is 23.4 Å². The van der Waals surface area contributed by atoms with Gasteiger partial charge in [0, 0.05) is 4.88 Å². The van der Waals surface area contributed by atoms with Gasteiger partial charge in [0.1, 0.15) is 11.1 Å². The summed E-state index contributed by atoms with van der Waals surface area (Å²) in [6.45, 7) is 0. The summed E-state index contributed by atoms with van der Waals surface area (Å²) >= 11 is 1.68. The number of aliphatic hydroxyl groups is 1. The van der Waals surface area contributed by atoms with Crippen LogP contribution in [0.4, 0.5) is 0 Å². The van der Waals surface area contributed by atoms with Gasteiger partial charge in [0.05, 0.1) is 5.69 Å². The van der Waals surface area contributed by atoms with Gasteiger partial charge < -0.3 is 5.11 Å². The predicted octanol–water partition coefficient (Wildman–Crippen LogP) is 3.10. The Bertz CT molecular complexity index is 483. The fourth-order valence-corrected chi connectivity index (χ4v) is 3.43. The molecule has 1 aromatic heterocycles. The average molecular weight is 245 g/mol. The highest BCUT2D eigenvalue weighted by Gasteiger charge is 2.20. The average Bonchev–Trinajstić information content (AvgIpc) is 2.82. The van der Waals surface area contributed by atoms with E-state index in [1.54, 1.807) is 11.3 Å². The van der Waals surface area contributed by atoms with Gasteiger partial charge in [-0.1, -0.05) is 30.3 Å². The summed E-state index contributed by atoms with van der Waals surface area (Å²) in [5.74, 6) is 0. The lowest BCUT2D eigenvalue weighted by molar-refractivity contribution is 0.219. The Morgan fingerprint density at radius 2 is 1.88 bits per heavy atom. The summed E-state index contributed by atoms with van der Waals surface area (Å²) in [6.07, 6.45) is 4.14. The van der Waals surface area contributed by atoms with Crippen molar-refractivity contribution in [1.82, 2.24) is 4.98 Å². The minimum atomic E-state index is -0.563. The third-order valence-electron chi connectivity index (χ3n) is 3.21. The Balaban J connectivity index is 1.91. The first-order chi connectivity index (χ1) is 8.34. The highest BCUT2D eigenvalue weighted by atomic mass is 32.1. The first-order valence-electron chi connectivity index (χ1n) is 6.06. The van der Waals surface area contributed by atoms with E-state index >= 15 is 0 Å². The molecular formula is C14H15NOS. The van der Waals surface area contributed by atoms with Crippen molar-refractivity contribution in [3.8, 4) is 0 Å². The fourth-order valence-electron chi connectivity index (χ4n) is 2.27. The minimum Gasteiger partial charge on any atom is -0.381 e. The van der Waals surface area contributed by atoms with Gasteiger partial charge in [0.25, 0.3) is 0 Å².